The van der Waals surface area contributed by atoms with Crippen molar-refractivity contribution >= 4 is 44.2 Å². The molecule has 0 saturated carbocycles. The molecule has 10 heteroatoms. The monoisotopic (exact) mass is 455 g/mol. The van der Waals surface area contributed by atoms with Crippen LogP contribution < -0.4 is 11.1 Å². The summed E-state index contributed by atoms with van der Waals surface area (Å²) in [5.41, 5.74) is 1.50. The lowest BCUT2D eigenvalue weighted by Crippen LogP contribution is -2.27. The summed E-state index contributed by atoms with van der Waals surface area (Å²) in [5, 5.41) is 10.0. The van der Waals surface area contributed by atoms with Crippen molar-refractivity contribution in [2.45, 2.75) is 43.3 Å². The smallest absolute Gasteiger partial charge is 0.278 e. The van der Waals surface area contributed by atoms with Gasteiger partial charge in [0.1, 0.15) is 10.3 Å². The molecule has 0 bridgehead atoms. The minimum atomic E-state index is -0.212. The number of aryl methyl sites for hydroxylation is 2. The highest BCUT2D eigenvalue weighted by Gasteiger charge is 2.22. The molecule has 0 radical (unpaired) electrons. The first-order valence-electron chi connectivity index (χ1n) is 10.2. The number of thiophene rings is 1. The van der Waals surface area contributed by atoms with E-state index >= 15 is 0 Å². The van der Waals surface area contributed by atoms with Crippen LogP contribution in [0.4, 0.5) is 0 Å². The van der Waals surface area contributed by atoms with E-state index in [1.807, 2.05) is 6.07 Å². The van der Waals surface area contributed by atoms with Crippen molar-refractivity contribution in [1.29, 1.82) is 0 Å². The summed E-state index contributed by atoms with van der Waals surface area (Å²) in [6.45, 7) is 0.812. The molecule has 5 rings (SSSR count). The first-order valence-corrected chi connectivity index (χ1v) is 12.0. The van der Waals surface area contributed by atoms with E-state index < -0.39 is 0 Å². The predicted molar refractivity (Wildman–Crippen MR) is 122 cm³/mol. The second kappa shape index (κ2) is 8.52. The Balaban J connectivity index is 1.55. The maximum absolute atomic E-state index is 13.4. The van der Waals surface area contributed by atoms with Crippen molar-refractivity contribution in [1.82, 2.24) is 24.5 Å². The van der Waals surface area contributed by atoms with E-state index in [4.69, 9.17) is 9.72 Å². The first kappa shape index (κ1) is 20.3. The highest BCUT2D eigenvalue weighted by molar-refractivity contribution is 7.98. The second-order valence-corrected chi connectivity index (χ2v) is 9.42. The number of hydrogen-bond acceptors (Lipinski definition) is 8. The van der Waals surface area contributed by atoms with Crippen LogP contribution in [-0.4, -0.2) is 38.3 Å². The maximum Gasteiger partial charge on any atom is 0.278 e. The predicted octanol–water partition coefficient (Wildman–Crippen LogP) is 2.84. The van der Waals surface area contributed by atoms with Crippen LogP contribution in [0.25, 0.3) is 21.1 Å². The van der Waals surface area contributed by atoms with Gasteiger partial charge in [-0.25, -0.2) is 4.98 Å². The van der Waals surface area contributed by atoms with Crippen LogP contribution in [0, 0.1) is 0 Å². The van der Waals surface area contributed by atoms with Crippen molar-refractivity contribution in [3.63, 3.8) is 0 Å². The molecule has 0 atom stereocenters. The normalized spacial score (nSPS) is 13.7. The van der Waals surface area contributed by atoms with E-state index in [2.05, 4.69) is 10.3 Å². The highest BCUT2D eigenvalue weighted by atomic mass is 32.2. The van der Waals surface area contributed by atoms with Crippen molar-refractivity contribution in [3.05, 3.63) is 55.4 Å². The summed E-state index contributed by atoms with van der Waals surface area (Å²) in [7, 11) is 1.61. The SMILES string of the molecule is COCCn1c(SCn2nnc3ccccc3c2=O)nc2sc3c(c2c1=O)CCCC3. The van der Waals surface area contributed by atoms with Crippen molar-refractivity contribution in [3.8, 4) is 0 Å². The largest absolute Gasteiger partial charge is 0.383 e. The number of methoxy groups -OCH3 is 1. The van der Waals surface area contributed by atoms with Crippen LogP contribution in [0.2, 0.25) is 0 Å². The average molecular weight is 456 g/mol. The Morgan fingerprint density at radius 1 is 1.16 bits per heavy atom. The van der Waals surface area contributed by atoms with Gasteiger partial charge in [-0.1, -0.05) is 29.1 Å². The van der Waals surface area contributed by atoms with Gasteiger partial charge in [-0.15, -0.1) is 16.4 Å². The summed E-state index contributed by atoms with van der Waals surface area (Å²) in [4.78, 5) is 33.1. The van der Waals surface area contributed by atoms with E-state index in [0.717, 1.165) is 35.9 Å². The molecule has 3 heterocycles. The van der Waals surface area contributed by atoms with Gasteiger partial charge in [-0.05, 0) is 43.4 Å². The quantitative estimate of drug-likeness (QED) is 0.326. The van der Waals surface area contributed by atoms with E-state index in [0.29, 0.717) is 29.2 Å². The molecule has 0 unspecified atom stereocenters. The fourth-order valence-corrected chi connectivity index (χ4v) is 6.14. The number of aromatic nitrogens is 5. The van der Waals surface area contributed by atoms with Crippen LogP contribution >= 0.6 is 23.1 Å². The molecule has 0 saturated heterocycles. The lowest BCUT2D eigenvalue weighted by molar-refractivity contribution is 0.183. The molecule has 1 aliphatic carbocycles. The van der Waals surface area contributed by atoms with Gasteiger partial charge in [0.15, 0.2) is 5.16 Å². The van der Waals surface area contributed by atoms with E-state index in [9.17, 15) is 9.59 Å². The van der Waals surface area contributed by atoms with Gasteiger partial charge in [0.25, 0.3) is 11.1 Å². The lowest BCUT2D eigenvalue weighted by atomic mass is 9.97. The number of ether oxygens (including phenoxy) is 1. The van der Waals surface area contributed by atoms with Crippen molar-refractivity contribution in [2.75, 3.05) is 13.7 Å². The summed E-state index contributed by atoms with van der Waals surface area (Å²) in [5.74, 6) is 0.215. The maximum atomic E-state index is 13.4. The molecule has 1 aliphatic rings. The van der Waals surface area contributed by atoms with Gasteiger partial charge in [0, 0.05) is 12.0 Å². The fourth-order valence-electron chi connectivity index (χ4n) is 3.94. The van der Waals surface area contributed by atoms with E-state index in [-0.39, 0.29) is 17.0 Å². The van der Waals surface area contributed by atoms with Gasteiger partial charge >= 0.3 is 0 Å². The summed E-state index contributed by atoms with van der Waals surface area (Å²) >= 11 is 2.93. The minimum absolute atomic E-state index is 0.0270. The molecule has 31 heavy (non-hydrogen) atoms. The zero-order valence-corrected chi connectivity index (χ0v) is 18.7. The minimum Gasteiger partial charge on any atom is -0.383 e. The molecule has 1 aromatic carbocycles. The Labute approximate surface area is 185 Å². The number of fused-ring (bicyclic) bond motifs is 4. The van der Waals surface area contributed by atoms with Crippen LogP contribution in [-0.2, 0) is 30.0 Å². The number of rotatable bonds is 6. The summed E-state index contributed by atoms with van der Waals surface area (Å²) in [6.07, 6.45) is 4.21. The van der Waals surface area contributed by atoms with Gasteiger partial charge in [-0.2, -0.15) is 4.68 Å². The van der Waals surface area contributed by atoms with Crippen LogP contribution in [0.1, 0.15) is 23.3 Å². The average Bonchev–Trinajstić information content (AvgIpc) is 3.17. The third kappa shape index (κ3) is 3.68. The Morgan fingerprint density at radius 3 is 2.87 bits per heavy atom. The number of thioether (sulfide) groups is 1. The topological polar surface area (TPSA) is 91.9 Å². The Hall–Kier alpha value is -2.56. The molecule has 0 N–H and O–H groups in total. The molecule has 0 aliphatic heterocycles. The Kier molecular flexibility index (Phi) is 5.59. The van der Waals surface area contributed by atoms with E-state index in [1.54, 1.807) is 41.2 Å². The second-order valence-electron chi connectivity index (χ2n) is 7.42. The highest BCUT2D eigenvalue weighted by Crippen LogP contribution is 2.34. The number of hydrogen-bond donors (Lipinski definition) is 0. The van der Waals surface area contributed by atoms with Crippen molar-refractivity contribution < 1.29 is 4.74 Å². The zero-order valence-electron chi connectivity index (χ0n) is 17.0. The molecular formula is C21H21N5O3S2. The molecule has 0 amide bonds. The molecular weight excluding hydrogens is 434 g/mol. The summed E-state index contributed by atoms with van der Waals surface area (Å²) in [6, 6.07) is 7.13. The van der Waals surface area contributed by atoms with Gasteiger partial charge in [-0.3, -0.25) is 14.2 Å². The molecule has 0 spiro atoms. The molecule has 3 aromatic heterocycles. The third-order valence-electron chi connectivity index (χ3n) is 5.50. The van der Waals surface area contributed by atoms with E-state index in [1.165, 1.54) is 26.9 Å². The Morgan fingerprint density at radius 2 is 2.00 bits per heavy atom. The van der Waals surface area contributed by atoms with Gasteiger partial charge < -0.3 is 4.74 Å². The standard InChI is InChI=1S/C21H21N5O3S2/c1-29-11-10-25-20(28)17-14-7-3-5-9-16(14)31-18(17)22-21(25)30-12-26-19(27)13-6-2-4-8-15(13)23-24-26/h2,4,6,8H,3,5,7,9-12H2,1H3. The molecule has 4 aromatic rings. The van der Waals surface area contributed by atoms with Gasteiger partial charge in [0.05, 0.1) is 29.8 Å². The first-order chi connectivity index (χ1) is 15.2. The molecule has 0 fully saturated rings. The van der Waals surface area contributed by atoms with Gasteiger partial charge in [0.2, 0.25) is 0 Å². The fraction of sp³-hybridized carbons (Fsp3) is 0.381. The number of nitrogens with zero attached hydrogens (tertiary/aromatic N) is 5. The Bertz CT molecular complexity index is 1390. The van der Waals surface area contributed by atoms with Crippen LogP contribution in [0.15, 0.2) is 39.0 Å². The third-order valence-corrected chi connectivity index (χ3v) is 7.63. The molecule has 160 valence electrons. The summed E-state index contributed by atoms with van der Waals surface area (Å²) < 4.78 is 8.19. The van der Waals surface area contributed by atoms with Crippen molar-refractivity contribution in [2.24, 2.45) is 0 Å². The number of benzene rings is 1. The molecule has 8 nitrogen and oxygen atoms in total. The van der Waals surface area contributed by atoms with Crippen LogP contribution in [0.5, 0.6) is 0 Å². The lowest BCUT2D eigenvalue weighted by Gasteiger charge is -2.13. The zero-order chi connectivity index (χ0) is 21.4. The van der Waals surface area contributed by atoms with Crippen LogP contribution in [0.3, 0.4) is 0 Å².